The van der Waals surface area contributed by atoms with E-state index in [4.69, 9.17) is 0 Å². The Bertz CT molecular complexity index is 746. The van der Waals surface area contributed by atoms with Crippen molar-refractivity contribution < 1.29 is 9.59 Å². The van der Waals surface area contributed by atoms with Crippen LogP contribution in [0.5, 0.6) is 0 Å². The number of carbonyl (C=O) groups is 2. The van der Waals surface area contributed by atoms with Gasteiger partial charge in [-0.15, -0.1) is 11.3 Å². The van der Waals surface area contributed by atoms with Gasteiger partial charge in [0.05, 0.1) is 4.88 Å². The molecule has 0 bridgehead atoms. The summed E-state index contributed by atoms with van der Waals surface area (Å²) in [5, 5.41) is 2.87. The van der Waals surface area contributed by atoms with Crippen LogP contribution >= 0.6 is 11.3 Å². The Labute approximate surface area is 140 Å². The SMILES string of the molecule is Cc1cc(C)cc(N2CCC(NC(=O)c3ccc(C)s3)C2=O)c1. The summed E-state index contributed by atoms with van der Waals surface area (Å²) in [6.45, 7) is 6.64. The highest BCUT2D eigenvalue weighted by Gasteiger charge is 2.34. The zero-order valence-electron chi connectivity index (χ0n) is 13.6. The summed E-state index contributed by atoms with van der Waals surface area (Å²) in [6, 6.07) is 9.39. The Kier molecular flexibility index (Phi) is 4.22. The van der Waals surface area contributed by atoms with Crippen molar-refractivity contribution in [3.63, 3.8) is 0 Å². The molecule has 0 aliphatic carbocycles. The molecule has 1 fully saturated rings. The van der Waals surface area contributed by atoms with Gasteiger partial charge < -0.3 is 10.2 Å². The van der Waals surface area contributed by atoms with Crippen molar-refractivity contribution in [3.8, 4) is 0 Å². The first-order valence-corrected chi connectivity index (χ1v) is 8.52. The molecule has 1 atom stereocenters. The summed E-state index contributed by atoms with van der Waals surface area (Å²) < 4.78 is 0. The third-order valence-electron chi connectivity index (χ3n) is 3.99. The van der Waals surface area contributed by atoms with Gasteiger partial charge in [0.2, 0.25) is 5.91 Å². The second-order valence-corrected chi connectivity index (χ2v) is 7.35. The molecule has 0 spiro atoms. The molecule has 0 saturated carbocycles. The van der Waals surface area contributed by atoms with E-state index in [2.05, 4.69) is 11.4 Å². The van der Waals surface area contributed by atoms with Crippen molar-refractivity contribution in [1.29, 1.82) is 0 Å². The van der Waals surface area contributed by atoms with Gasteiger partial charge in [-0.25, -0.2) is 0 Å². The van der Waals surface area contributed by atoms with E-state index in [1.54, 1.807) is 11.0 Å². The molecule has 3 rings (SSSR count). The number of rotatable bonds is 3. The molecular weight excluding hydrogens is 308 g/mol. The highest BCUT2D eigenvalue weighted by molar-refractivity contribution is 7.13. The lowest BCUT2D eigenvalue weighted by Crippen LogP contribution is -2.41. The summed E-state index contributed by atoms with van der Waals surface area (Å²) in [7, 11) is 0. The Balaban J connectivity index is 1.72. The number of carbonyl (C=O) groups excluding carboxylic acids is 2. The van der Waals surface area contributed by atoms with Crippen LogP contribution in [0.3, 0.4) is 0 Å². The maximum Gasteiger partial charge on any atom is 0.262 e. The molecule has 120 valence electrons. The van der Waals surface area contributed by atoms with E-state index in [1.165, 1.54) is 11.3 Å². The molecule has 2 heterocycles. The minimum atomic E-state index is -0.439. The predicted molar refractivity (Wildman–Crippen MR) is 93.2 cm³/mol. The molecule has 1 aromatic carbocycles. The number of benzene rings is 1. The van der Waals surface area contributed by atoms with E-state index in [-0.39, 0.29) is 11.8 Å². The molecular formula is C18H20N2O2S. The Morgan fingerprint density at radius 3 is 2.48 bits per heavy atom. The van der Waals surface area contributed by atoms with E-state index in [0.717, 1.165) is 21.7 Å². The van der Waals surface area contributed by atoms with Crippen molar-refractivity contribution in [2.45, 2.75) is 33.2 Å². The van der Waals surface area contributed by atoms with Gasteiger partial charge >= 0.3 is 0 Å². The number of nitrogens with one attached hydrogen (secondary N) is 1. The zero-order valence-corrected chi connectivity index (χ0v) is 14.4. The smallest absolute Gasteiger partial charge is 0.262 e. The lowest BCUT2D eigenvalue weighted by atomic mass is 10.1. The van der Waals surface area contributed by atoms with Gasteiger partial charge in [0.1, 0.15) is 6.04 Å². The van der Waals surface area contributed by atoms with E-state index in [0.29, 0.717) is 17.8 Å². The first-order chi connectivity index (χ1) is 10.9. The van der Waals surface area contributed by atoms with Crippen molar-refractivity contribution in [3.05, 3.63) is 51.2 Å². The number of hydrogen-bond acceptors (Lipinski definition) is 3. The van der Waals surface area contributed by atoms with Gasteiger partial charge in [0, 0.05) is 17.1 Å². The molecule has 2 aromatic rings. The Hall–Kier alpha value is -2.14. The topological polar surface area (TPSA) is 49.4 Å². The van der Waals surface area contributed by atoms with E-state index in [1.807, 2.05) is 39.0 Å². The zero-order chi connectivity index (χ0) is 16.6. The van der Waals surface area contributed by atoms with Gasteiger partial charge in [-0.05, 0) is 62.6 Å². The summed E-state index contributed by atoms with van der Waals surface area (Å²) in [5.41, 5.74) is 3.18. The van der Waals surface area contributed by atoms with Gasteiger partial charge in [0.25, 0.3) is 5.91 Å². The number of hydrogen-bond donors (Lipinski definition) is 1. The average molecular weight is 328 g/mol. The molecule has 0 radical (unpaired) electrons. The van der Waals surface area contributed by atoms with Crippen molar-refractivity contribution >= 4 is 28.8 Å². The van der Waals surface area contributed by atoms with Crippen molar-refractivity contribution in [2.75, 3.05) is 11.4 Å². The Morgan fingerprint density at radius 2 is 1.87 bits per heavy atom. The van der Waals surface area contributed by atoms with Crippen LogP contribution in [-0.2, 0) is 4.79 Å². The minimum absolute atomic E-state index is 0.0309. The van der Waals surface area contributed by atoms with Crippen LogP contribution < -0.4 is 10.2 Å². The predicted octanol–water partition coefficient (Wildman–Crippen LogP) is 3.21. The highest BCUT2D eigenvalue weighted by atomic mass is 32.1. The van der Waals surface area contributed by atoms with Crippen molar-refractivity contribution in [1.82, 2.24) is 5.32 Å². The number of amides is 2. The fourth-order valence-electron chi connectivity index (χ4n) is 2.96. The maximum absolute atomic E-state index is 12.6. The van der Waals surface area contributed by atoms with Gasteiger partial charge in [-0.1, -0.05) is 6.07 Å². The number of aryl methyl sites for hydroxylation is 3. The van der Waals surface area contributed by atoms with Gasteiger partial charge in [0.15, 0.2) is 0 Å². The normalized spacial score (nSPS) is 17.6. The van der Waals surface area contributed by atoms with E-state index < -0.39 is 6.04 Å². The van der Waals surface area contributed by atoms with Crippen LogP contribution in [0.4, 0.5) is 5.69 Å². The second kappa shape index (κ2) is 6.16. The fourth-order valence-corrected chi connectivity index (χ4v) is 3.73. The molecule has 1 aliphatic rings. The van der Waals surface area contributed by atoms with Crippen molar-refractivity contribution in [2.24, 2.45) is 0 Å². The van der Waals surface area contributed by atoms with E-state index >= 15 is 0 Å². The maximum atomic E-state index is 12.6. The van der Waals surface area contributed by atoms with E-state index in [9.17, 15) is 9.59 Å². The largest absolute Gasteiger partial charge is 0.339 e. The van der Waals surface area contributed by atoms with Crippen LogP contribution in [0.2, 0.25) is 0 Å². The molecule has 5 heteroatoms. The summed E-state index contributed by atoms with van der Waals surface area (Å²) in [4.78, 5) is 28.4. The third kappa shape index (κ3) is 3.29. The summed E-state index contributed by atoms with van der Waals surface area (Å²) in [5.74, 6) is -0.194. The molecule has 23 heavy (non-hydrogen) atoms. The molecule has 1 aromatic heterocycles. The quantitative estimate of drug-likeness (QED) is 0.940. The first-order valence-electron chi connectivity index (χ1n) is 7.71. The van der Waals surface area contributed by atoms with Gasteiger partial charge in [-0.2, -0.15) is 0 Å². The summed E-state index contributed by atoms with van der Waals surface area (Å²) in [6.07, 6.45) is 0.641. The number of anilines is 1. The Morgan fingerprint density at radius 1 is 1.17 bits per heavy atom. The highest BCUT2D eigenvalue weighted by Crippen LogP contribution is 2.24. The van der Waals surface area contributed by atoms with Crippen LogP contribution in [0.15, 0.2) is 30.3 Å². The number of thiophene rings is 1. The number of nitrogens with zero attached hydrogens (tertiary/aromatic N) is 1. The third-order valence-corrected chi connectivity index (χ3v) is 4.99. The standard InChI is InChI=1S/C18H20N2O2S/c1-11-8-12(2)10-14(9-11)20-7-6-15(18(20)22)19-17(21)16-5-4-13(3)23-16/h4-5,8-10,15H,6-7H2,1-3H3,(H,19,21). The second-order valence-electron chi connectivity index (χ2n) is 6.06. The summed E-state index contributed by atoms with van der Waals surface area (Å²) >= 11 is 1.44. The van der Waals surface area contributed by atoms with Gasteiger partial charge in [-0.3, -0.25) is 9.59 Å². The molecule has 1 unspecified atom stereocenters. The monoisotopic (exact) mass is 328 g/mol. The first kappa shape index (κ1) is 15.7. The average Bonchev–Trinajstić information content (AvgIpc) is 3.05. The minimum Gasteiger partial charge on any atom is -0.339 e. The molecule has 2 amide bonds. The van der Waals surface area contributed by atoms with Crippen LogP contribution in [-0.4, -0.2) is 24.4 Å². The molecule has 1 aliphatic heterocycles. The molecule has 1 saturated heterocycles. The lowest BCUT2D eigenvalue weighted by molar-refractivity contribution is -0.118. The van der Waals surface area contributed by atoms with Crippen LogP contribution in [0.25, 0.3) is 0 Å². The fraction of sp³-hybridized carbons (Fsp3) is 0.333. The lowest BCUT2D eigenvalue weighted by Gasteiger charge is -2.18. The van der Waals surface area contributed by atoms with Crippen LogP contribution in [0.1, 0.15) is 32.1 Å². The van der Waals surface area contributed by atoms with Crippen LogP contribution in [0, 0.1) is 20.8 Å². The molecule has 1 N–H and O–H groups in total. The molecule has 4 nitrogen and oxygen atoms in total.